The van der Waals surface area contributed by atoms with Gasteiger partial charge in [-0.2, -0.15) is 0 Å². The summed E-state index contributed by atoms with van der Waals surface area (Å²) in [6, 6.07) is 13.3. The number of anilines is 1. The van der Waals surface area contributed by atoms with Crippen LogP contribution in [0.2, 0.25) is 0 Å². The van der Waals surface area contributed by atoms with Crippen LogP contribution in [0, 0.1) is 13.8 Å². The van der Waals surface area contributed by atoms with E-state index in [-0.39, 0.29) is 5.91 Å². The van der Waals surface area contributed by atoms with Crippen LogP contribution in [0.1, 0.15) is 23.6 Å². The lowest BCUT2D eigenvalue weighted by molar-refractivity contribution is -0.122. The Morgan fingerprint density at radius 3 is 2.64 bits per heavy atom. The summed E-state index contributed by atoms with van der Waals surface area (Å²) in [4.78, 5) is 12.3. The van der Waals surface area contributed by atoms with Gasteiger partial charge in [0.1, 0.15) is 5.75 Å². The number of para-hydroxylation sites is 1. The van der Waals surface area contributed by atoms with E-state index in [0.717, 1.165) is 28.1 Å². The number of nitrogens with two attached hydrogens (primary N) is 1. The normalized spacial score (nSPS) is 11.8. The first-order chi connectivity index (χ1) is 10.5. The fourth-order valence-electron chi connectivity index (χ4n) is 2.15. The quantitative estimate of drug-likeness (QED) is 0.891. The molecule has 0 saturated carbocycles. The molecule has 0 heterocycles. The van der Waals surface area contributed by atoms with Gasteiger partial charge in [-0.05, 0) is 49.6 Å². The highest BCUT2D eigenvalue weighted by Crippen LogP contribution is 2.22. The minimum Gasteiger partial charge on any atom is -0.481 e. The fraction of sp³-hybridized carbons (Fsp3) is 0.278. The maximum absolute atomic E-state index is 12.3. The first kappa shape index (κ1) is 16.0. The average molecular weight is 298 g/mol. The van der Waals surface area contributed by atoms with Crippen LogP contribution >= 0.6 is 0 Å². The van der Waals surface area contributed by atoms with Gasteiger partial charge in [-0.15, -0.1) is 0 Å². The van der Waals surface area contributed by atoms with Crippen molar-refractivity contribution in [3.8, 4) is 5.75 Å². The molecule has 22 heavy (non-hydrogen) atoms. The molecule has 1 amide bonds. The maximum atomic E-state index is 12.3. The third-order valence-corrected chi connectivity index (χ3v) is 3.72. The Labute approximate surface area is 131 Å². The molecular formula is C18H22N2O2. The Balaban J connectivity index is 2.08. The fourth-order valence-corrected chi connectivity index (χ4v) is 2.15. The third-order valence-electron chi connectivity index (χ3n) is 3.72. The van der Waals surface area contributed by atoms with Gasteiger partial charge >= 0.3 is 0 Å². The Hall–Kier alpha value is -2.33. The summed E-state index contributed by atoms with van der Waals surface area (Å²) in [6.45, 7) is 6.12. The second kappa shape index (κ2) is 7.09. The summed E-state index contributed by atoms with van der Waals surface area (Å²) in [5.41, 5.74) is 9.49. The summed E-state index contributed by atoms with van der Waals surface area (Å²) in [7, 11) is 0. The van der Waals surface area contributed by atoms with Crippen LogP contribution in [0.25, 0.3) is 0 Å². The summed E-state index contributed by atoms with van der Waals surface area (Å²) < 4.78 is 5.79. The number of carbonyl (C=O) groups is 1. The summed E-state index contributed by atoms with van der Waals surface area (Å²) in [5, 5.41) is 2.87. The molecule has 3 N–H and O–H groups in total. The molecule has 1 atom stereocenters. The monoisotopic (exact) mass is 298 g/mol. The largest absolute Gasteiger partial charge is 0.481 e. The third kappa shape index (κ3) is 3.65. The van der Waals surface area contributed by atoms with Gasteiger partial charge < -0.3 is 15.8 Å². The zero-order valence-corrected chi connectivity index (χ0v) is 13.2. The van der Waals surface area contributed by atoms with Crippen LogP contribution in [0.4, 0.5) is 5.69 Å². The molecule has 0 aliphatic heterocycles. The van der Waals surface area contributed by atoms with Crippen LogP contribution in [0.3, 0.4) is 0 Å². The van der Waals surface area contributed by atoms with Gasteiger partial charge in [-0.1, -0.05) is 30.3 Å². The van der Waals surface area contributed by atoms with Crippen molar-refractivity contribution in [2.45, 2.75) is 33.4 Å². The summed E-state index contributed by atoms with van der Waals surface area (Å²) in [5.74, 6) is 0.538. The molecule has 0 aliphatic carbocycles. The molecule has 0 aromatic heterocycles. The van der Waals surface area contributed by atoms with E-state index in [9.17, 15) is 4.79 Å². The van der Waals surface area contributed by atoms with Crippen molar-refractivity contribution in [3.05, 3.63) is 59.2 Å². The van der Waals surface area contributed by atoms with E-state index in [1.54, 1.807) is 6.92 Å². The minimum atomic E-state index is -0.591. The van der Waals surface area contributed by atoms with Crippen molar-refractivity contribution in [2.75, 3.05) is 5.32 Å². The number of carbonyl (C=O) groups excluding carboxylic acids is 1. The Bertz CT molecular complexity index is 668. The molecule has 2 aromatic rings. The van der Waals surface area contributed by atoms with Crippen molar-refractivity contribution in [2.24, 2.45) is 5.73 Å². The number of ether oxygens (including phenoxy) is 1. The van der Waals surface area contributed by atoms with Gasteiger partial charge in [-0.25, -0.2) is 0 Å². The lowest BCUT2D eigenvalue weighted by atomic mass is 10.1. The van der Waals surface area contributed by atoms with Crippen molar-refractivity contribution in [1.82, 2.24) is 0 Å². The molecule has 0 bridgehead atoms. The average Bonchev–Trinajstić information content (AvgIpc) is 2.52. The van der Waals surface area contributed by atoms with E-state index in [1.807, 2.05) is 56.3 Å². The predicted molar refractivity (Wildman–Crippen MR) is 89.0 cm³/mol. The topological polar surface area (TPSA) is 64.3 Å². The molecule has 116 valence electrons. The Kier molecular flexibility index (Phi) is 5.17. The highest BCUT2D eigenvalue weighted by molar-refractivity contribution is 5.94. The van der Waals surface area contributed by atoms with Gasteiger partial charge in [0.05, 0.1) is 0 Å². The number of amides is 1. The molecule has 0 fully saturated rings. The lowest BCUT2D eigenvalue weighted by Gasteiger charge is -2.18. The van der Waals surface area contributed by atoms with Crippen LogP contribution < -0.4 is 15.8 Å². The molecule has 0 radical (unpaired) electrons. The molecule has 0 saturated heterocycles. The Morgan fingerprint density at radius 2 is 1.91 bits per heavy atom. The first-order valence-electron chi connectivity index (χ1n) is 7.34. The highest BCUT2D eigenvalue weighted by Gasteiger charge is 2.17. The van der Waals surface area contributed by atoms with E-state index >= 15 is 0 Å². The molecule has 2 aromatic carbocycles. The van der Waals surface area contributed by atoms with E-state index in [2.05, 4.69) is 5.32 Å². The van der Waals surface area contributed by atoms with Crippen molar-refractivity contribution >= 4 is 11.6 Å². The SMILES string of the molecule is Cc1cccc(OC(C)C(=O)Nc2ccccc2CN)c1C. The summed E-state index contributed by atoms with van der Waals surface area (Å²) >= 11 is 0. The van der Waals surface area contributed by atoms with Gasteiger partial charge in [-0.3, -0.25) is 4.79 Å². The van der Waals surface area contributed by atoms with Crippen LogP contribution in [-0.4, -0.2) is 12.0 Å². The van der Waals surface area contributed by atoms with Gasteiger partial charge in [0, 0.05) is 12.2 Å². The number of aryl methyl sites for hydroxylation is 1. The molecule has 0 aliphatic rings. The van der Waals surface area contributed by atoms with E-state index in [4.69, 9.17) is 10.5 Å². The lowest BCUT2D eigenvalue weighted by Crippen LogP contribution is -2.30. The molecule has 1 unspecified atom stereocenters. The molecule has 4 nitrogen and oxygen atoms in total. The standard InChI is InChI=1S/C18H22N2O2/c1-12-7-6-10-17(13(12)2)22-14(3)18(21)20-16-9-5-4-8-15(16)11-19/h4-10,14H,11,19H2,1-3H3,(H,20,21). The van der Waals surface area contributed by atoms with E-state index in [0.29, 0.717) is 6.54 Å². The first-order valence-corrected chi connectivity index (χ1v) is 7.34. The maximum Gasteiger partial charge on any atom is 0.265 e. The molecule has 4 heteroatoms. The van der Waals surface area contributed by atoms with Crippen LogP contribution in [-0.2, 0) is 11.3 Å². The van der Waals surface area contributed by atoms with E-state index in [1.165, 1.54) is 0 Å². The second-order valence-electron chi connectivity index (χ2n) is 5.31. The number of rotatable bonds is 5. The smallest absolute Gasteiger partial charge is 0.265 e. The number of hydrogen-bond acceptors (Lipinski definition) is 3. The second-order valence-corrected chi connectivity index (χ2v) is 5.31. The molecule has 2 rings (SSSR count). The zero-order valence-electron chi connectivity index (χ0n) is 13.2. The minimum absolute atomic E-state index is 0.193. The van der Waals surface area contributed by atoms with Gasteiger partial charge in [0.25, 0.3) is 5.91 Å². The number of benzene rings is 2. The molecular weight excluding hydrogens is 276 g/mol. The van der Waals surface area contributed by atoms with E-state index < -0.39 is 6.10 Å². The Morgan fingerprint density at radius 1 is 1.18 bits per heavy atom. The van der Waals surface area contributed by atoms with Crippen LogP contribution in [0.15, 0.2) is 42.5 Å². The van der Waals surface area contributed by atoms with Gasteiger partial charge in [0.2, 0.25) is 0 Å². The summed E-state index contributed by atoms with van der Waals surface area (Å²) in [6.07, 6.45) is -0.591. The van der Waals surface area contributed by atoms with Crippen molar-refractivity contribution < 1.29 is 9.53 Å². The number of hydrogen-bond donors (Lipinski definition) is 2. The van der Waals surface area contributed by atoms with Crippen molar-refractivity contribution in [1.29, 1.82) is 0 Å². The predicted octanol–water partition coefficient (Wildman–Crippen LogP) is 3.17. The number of nitrogens with one attached hydrogen (secondary N) is 1. The van der Waals surface area contributed by atoms with Crippen LogP contribution in [0.5, 0.6) is 5.75 Å². The van der Waals surface area contributed by atoms with Crippen molar-refractivity contribution in [3.63, 3.8) is 0 Å². The zero-order chi connectivity index (χ0) is 16.1. The van der Waals surface area contributed by atoms with Gasteiger partial charge in [0.15, 0.2) is 6.10 Å². The highest BCUT2D eigenvalue weighted by atomic mass is 16.5. The molecule has 0 spiro atoms.